The lowest BCUT2D eigenvalue weighted by atomic mass is 10.0. The summed E-state index contributed by atoms with van der Waals surface area (Å²) in [5.41, 5.74) is 0. The largest absolute Gasteiger partial charge is 0.790 e. The van der Waals surface area contributed by atoms with Gasteiger partial charge in [0.15, 0.2) is 6.29 Å². The molecule has 0 aromatic carbocycles. The summed E-state index contributed by atoms with van der Waals surface area (Å²) in [4.78, 5) is 30.0. The highest BCUT2D eigenvalue weighted by molar-refractivity contribution is 7.43. The maximum atomic E-state index is 10.0. The number of hydrogen-bond acceptors (Lipinski definition) is 9. The van der Waals surface area contributed by atoms with Gasteiger partial charge in [0.25, 0.3) is 0 Å². The Bertz CT molecular complexity index is 263. The maximum Gasteiger partial charge on any atom is 0.151 e. The molecular weight excluding hydrogens is 247 g/mol. The molecule has 0 aromatic rings. The molecule has 0 aliphatic carbocycles. The zero-order chi connectivity index (χ0) is 12.9. The number of aliphatic hydroxyl groups excluding tert-OH is 4. The summed E-state index contributed by atoms with van der Waals surface area (Å²) < 4.78 is 13.6. The summed E-state index contributed by atoms with van der Waals surface area (Å²) in [6, 6.07) is 0. The number of rotatable bonds is 7. The first-order chi connectivity index (χ1) is 7.19. The number of aldehydes is 1. The van der Waals surface area contributed by atoms with Crippen LogP contribution in [0.2, 0.25) is 0 Å². The molecule has 0 saturated heterocycles. The van der Waals surface area contributed by atoms with Gasteiger partial charge >= 0.3 is 0 Å². The fourth-order valence-corrected chi connectivity index (χ4v) is 1.11. The predicted octanol–water partition coefficient (Wildman–Crippen LogP) is -4.53. The minimum atomic E-state index is -5.30. The third-order valence-corrected chi connectivity index (χ3v) is 2.10. The van der Waals surface area contributed by atoms with Crippen molar-refractivity contribution in [2.24, 2.45) is 0 Å². The molecule has 0 heterocycles. The van der Waals surface area contributed by atoms with Crippen LogP contribution in [0.15, 0.2) is 0 Å². The van der Waals surface area contributed by atoms with E-state index < -0.39 is 38.8 Å². The molecular formula is C6H11O9P-2. The molecule has 4 N–H and O–H groups in total. The third kappa shape index (κ3) is 5.64. The Kier molecular flexibility index (Phi) is 6.23. The maximum absolute atomic E-state index is 10.0. The van der Waals surface area contributed by atoms with Crippen molar-refractivity contribution in [2.45, 2.75) is 24.4 Å². The van der Waals surface area contributed by atoms with Crippen LogP contribution in [0.5, 0.6) is 0 Å². The molecule has 16 heavy (non-hydrogen) atoms. The standard InChI is InChI=1S/C6H13O9P/c7-1-3(8)5(10)6(11)4(9)2-15-16(12,13)14/h1,3-6,8-11H,2H2,(H2,12,13,14)/p-2/t3-,4-,5-,6-/m1/s1. The molecule has 96 valence electrons. The van der Waals surface area contributed by atoms with Gasteiger partial charge in [0, 0.05) is 0 Å². The van der Waals surface area contributed by atoms with Crippen molar-refractivity contribution in [2.75, 3.05) is 6.61 Å². The van der Waals surface area contributed by atoms with Crippen LogP contribution in [-0.4, -0.2) is 57.7 Å². The van der Waals surface area contributed by atoms with Crippen molar-refractivity contribution in [1.82, 2.24) is 0 Å². The average Bonchev–Trinajstić information content (AvgIpc) is 2.21. The van der Waals surface area contributed by atoms with Gasteiger partial charge in [0.1, 0.15) is 24.4 Å². The van der Waals surface area contributed by atoms with Gasteiger partial charge < -0.3 is 44.1 Å². The minimum Gasteiger partial charge on any atom is -0.790 e. The van der Waals surface area contributed by atoms with E-state index in [1.165, 1.54) is 0 Å². The first-order valence-corrected chi connectivity index (χ1v) is 5.49. The van der Waals surface area contributed by atoms with Crippen LogP contribution in [0.25, 0.3) is 0 Å². The van der Waals surface area contributed by atoms with Crippen LogP contribution >= 0.6 is 7.82 Å². The molecule has 0 fully saturated rings. The molecule has 0 saturated carbocycles. The molecule has 0 aliphatic rings. The number of hydrogen-bond donors (Lipinski definition) is 4. The van der Waals surface area contributed by atoms with Crippen molar-refractivity contribution >= 4 is 14.1 Å². The van der Waals surface area contributed by atoms with Crippen LogP contribution in [0, 0.1) is 0 Å². The molecule has 0 bridgehead atoms. The van der Waals surface area contributed by atoms with Gasteiger partial charge in [-0.05, 0) is 0 Å². The first-order valence-electron chi connectivity index (χ1n) is 4.03. The number of phosphoric ester groups is 1. The second-order valence-corrected chi connectivity index (χ2v) is 4.07. The topological polar surface area (TPSA) is 170 Å². The Morgan fingerprint density at radius 1 is 1.19 bits per heavy atom. The Morgan fingerprint density at radius 2 is 1.69 bits per heavy atom. The van der Waals surface area contributed by atoms with E-state index in [4.69, 9.17) is 20.4 Å². The lowest BCUT2D eigenvalue weighted by Crippen LogP contribution is -2.46. The molecule has 0 unspecified atom stereocenters. The summed E-state index contributed by atoms with van der Waals surface area (Å²) in [5, 5.41) is 35.9. The highest BCUT2D eigenvalue weighted by Crippen LogP contribution is 2.24. The van der Waals surface area contributed by atoms with Gasteiger partial charge in [0.2, 0.25) is 0 Å². The van der Waals surface area contributed by atoms with E-state index in [1.807, 2.05) is 0 Å². The third-order valence-electron chi connectivity index (χ3n) is 1.64. The number of aliphatic hydroxyl groups is 4. The summed E-state index contributed by atoms with van der Waals surface area (Å²) in [6.45, 7) is -1.09. The van der Waals surface area contributed by atoms with Gasteiger partial charge in [-0.1, -0.05) is 0 Å². The van der Waals surface area contributed by atoms with Gasteiger partial charge in [0.05, 0.1) is 14.4 Å². The monoisotopic (exact) mass is 258 g/mol. The highest BCUT2D eigenvalue weighted by Gasteiger charge is 2.30. The summed E-state index contributed by atoms with van der Waals surface area (Å²) in [6.07, 6.45) is -8.04. The second-order valence-electron chi connectivity index (χ2n) is 2.92. The number of phosphoric acid groups is 1. The molecule has 0 aliphatic heterocycles. The van der Waals surface area contributed by atoms with E-state index in [0.29, 0.717) is 0 Å². The van der Waals surface area contributed by atoms with Gasteiger partial charge in [-0.2, -0.15) is 0 Å². The molecule has 4 atom stereocenters. The molecule has 10 heteroatoms. The Labute approximate surface area is 90.2 Å². The molecule has 0 amide bonds. The highest BCUT2D eigenvalue weighted by atomic mass is 31.2. The zero-order valence-electron chi connectivity index (χ0n) is 7.87. The molecule has 0 rings (SSSR count). The lowest BCUT2D eigenvalue weighted by Gasteiger charge is -2.31. The van der Waals surface area contributed by atoms with E-state index in [2.05, 4.69) is 4.52 Å². The Morgan fingerprint density at radius 3 is 2.06 bits per heavy atom. The summed E-state index contributed by atoms with van der Waals surface area (Å²) in [5.74, 6) is 0. The van der Waals surface area contributed by atoms with E-state index in [9.17, 15) is 19.1 Å². The van der Waals surface area contributed by atoms with Crippen LogP contribution in [0.4, 0.5) is 0 Å². The van der Waals surface area contributed by atoms with Crippen molar-refractivity contribution in [3.63, 3.8) is 0 Å². The van der Waals surface area contributed by atoms with Crippen LogP contribution in [0.3, 0.4) is 0 Å². The summed E-state index contributed by atoms with van der Waals surface area (Å²) in [7, 11) is -5.30. The minimum absolute atomic E-state index is 0.0897. The van der Waals surface area contributed by atoms with E-state index in [1.54, 1.807) is 0 Å². The van der Waals surface area contributed by atoms with Crippen LogP contribution in [0.1, 0.15) is 0 Å². The number of carbonyl (C=O) groups is 1. The molecule has 0 spiro atoms. The second kappa shape index (κ2) is 6.38. The van der Waals surface area contributed by atoms with Crippen LogP contribution < -0.4 is 9.79 Å². The Balaban J connectivity index is 4.22. The molecule has 0 aromatic heterocycles. The van der Waals surface area contributed by atoms with E-state index in [-0.39, 0.29) is 6.29 Å². The van der Waals surface area contributed by atoms with Crippen molar-refractivity contribution in [3.05, 3.63) is 0 Å². The smallest absolute Gasteiger partial charge is 0.151 e. The quantitative estimate of drug-likeness (QED) is 0.259. The van der Waals surface area contributed by atoms with E-state index >= 15 is 0 Å². The predicted molar refractivity (Wildman–Crippen MR) is 43.6 cm³/mol. The average molecular weight is 258 g/mol. The van der Waals surface area contributed by atoms with Crippen molar-refractivity contribution < 1.29 is 44.1 Å². The van der Waals surface area contributed by atoms with Gasteiger partial charge in [-0.3, -0.25) is 0 Å². The first kappa shape index (κ1) is 15.6. The molecule has 0 radical (unpaired) electrons. The van der Waals surface area contributed by atoms with Crippen LogP contribution in [-0.2, 0) is 13.9 Å². The van der Waals surface area contributed by atoms with Crippen molar-refractivity contribution in [1.29, 1.82) is 0 Å². The fraction of sp³-hybridized carbons (Fsp3) is 0.833. The normalized spacial score (nSPS) is 19.9. The fourth-order valence-electron chi connectivity index (χ4n) is 0.776. The lowest BCUT2D eigenvalue weighted by molar-refractivity contribution is -0.343. The number of carbonyl (C=O) groups excluding carboxylic acids is 1. The van der Waals surface area contributed by atoms with Crippen molar-refractivity contribution in [3.8, 4) is 0 Å². The Hall–Kier alpha value is -0.380. The van der Waals surface area contributed by atoms with Gasteiger partial charge in [-0.25, -0.2) is 0 Å². The van der Waals surface area contributed by atoms with Gasteiger partial charge in [-0.15, -0.1) is 0 Å². The molecule has 9 nitrogen and oxygen atoms in total. The summed E-state index contributed by atoms with van der Waals surface area (Å²) >= 11 is 0. The SMILES string of the molecule is O=C[C@@H](O)[C@@H](O)[C@H](O)[C@H](O)COP(=O)([O-])[O-]. The zero-order valence-corrected chi connectivity index (χ0v) is 8.77. The van der Waals surface area contributed by atoms with E-state index in [0.717, 1.165) is 0 Å².